The SMILES string of the molecule is COc1ccccc1CCC(c1ccccc1)C(O)(OC(=O)C(=O)ON1CCNCC1)C1CCCCC1. The Labute approximate surface area is 218 Å². The molecule has 4 rings (SSSR count). The molecule has 0 aromatic heterocycles. The lowest BCUT2D eigenvalue weighted by Crippen LogP contribution is -2.51. The van der Waals surface area contributed by atoms with Gasteiger partial charge in [0.05, 0.1) is 13.0 Å². The number of para-hydroxylation sites is 1. The van der Waals surface area contributed by atoms with Crippen LogP contribution < -0.4 is 10.1 Å². The lowest BCUT2D eigenvalue weighted by molar-refractivity contribution is -0.255. The molecule has 1 saturated heterocycles. The number of ether oxygens (including phenoxy) is 2. The number of esters is 1. The molecule has 0 amide bonds. The summed E-state index contributed by atoms with van der Waals surface area (Å²) in [6.45, 7) is 2.29. The second-order valence-corrected chi connectivity index (χ2v) is 9.85. The smallest absolute Gasteiger partial charge is 0.436 e. The Morgan fingerprint density at radius 1 is 1.00 bits per heavy atom. The van der Waals surface area contributed by atoms with E-state index in [1.165, 1.54) is 5.06 Å². The van der Waals surface area contributed by atoms with Crippen molar-refractivity contribution in [3.63, 3.8) is 0 Å². The molecule has 1 heterocycles. The van der Waals surface area contributed by atoms with Crippen LogP contribution >= 0.6 is 0 Å². The van der Waals surface area contributed by atoms with Crippen molar-refractivity contribution in [2.45, 2.75) is 56.7 Å². The Morgan fingerprint density at radius 2 is 1.68 bits per heavy atom. The Bertz CT molecular complexity index is 1020. The number of rotatable bonds is 9. The van der Waals surface area contributed by atoms with Crippen molar-refractivity contribution in [3.8, 4) is 5.75 Å². The standard InChI is InChI=1S/C29H38N2O6/c1-35-26-15-9-8-12-23(26)16-17-25(22-10-4-2-5-11-22)29(34,24-13-6-3-7-14-24)36-27(32)28(33)37-31-20-18-30-19-21-31/h2,4-5,8-12,15,24-25,30,34H,3,6-7,13-14,16-21H2,1H3. The molecule has 37 heavy (non-hydrogen) atoms. The monoisotopic (exact) mass is 510 g/mol. The summed E-state index contributed by atoms with van der Waals surface area (Å²) in [6, 6.07) is 17.4. The molecule has 2 fully saturated rings. The minimum atomic E-state index is -1.86. The van der Waals surface area contributed by atoms with Gasteiger partial charge in [-0.05, 0) is 42.9 Å². The highest BCUT2D eigenvalue weighted by Gasteiger charge is 2.49. The molecule has 0 bridgehead atoms. The van der Waals surface area contributed by atoms with Crippen LogP contribution in [-0.2, 0) is 25.6 Å². The average molecular weight is 511 g/mol. The van der Waals surface area contributed by atoms with Crippen molar-refractivity contribution in [2.75, 3.05) is 33.3 Å². The summed E-state index contributed by atoms with van der Waals surface area (Å²) in [6.07, 6.45) is 5.47. The molecule has 2 aromatic carbocycles. The van der Waals surface area contributed by atoms with E-state index in [0.717, 1.165) is 36.1 Å². The van der Waals surface area contributed by atoms with Gasteiger partial charge in [0.15, 0.2) is 0 Å². The molecule has 1 aliphatic carbocycles. The number of hydrogen-bond donors (Lipinski definition) is 2. The van der Waals surface area contributed by atoms with E-state index in [0.29, 0.717) is 51.9 Å². The van der Waals surface area contributed by atoms with Gasteiger partial charge in [-0.25, -0.2) is 9.59 Å². The second-order valence-electron chi connectivity index (χ2n) is 9.85. The minimum Gasteiger partial charge on any atom is -0.496 e. The highest BCUT2D eigenvalue weighted by molar-refractivity contribution is 6.29. The second kappa shape index (κ2) is 13.0. The highest BCUT2D eigenvalue weighted by atomic mass is 16.7. The molecular weight excluding hydrogens is 472 g/mol. The molecule has 8 nitrogen and oxygen atoms in total. The summed E-state index contributed by atoms with van der Waals surface area (Å²) in [7, 11) is 1.64. The Kier molecular flexibility index (Phi) is 9.55. The lowest BCUT2D eigenvalue weighted by Gasteiger charge is -2.43. The fourth-order valence-electron chi connectivity index (χ4n) is 5.54. The number of aryl methyl sites for hydroxylation is 1. The Morgan fingerprint density at radius 3 is 2.38 bits per heavy atom. The van der Waals surface area contributed by atoms with Crippen molar-refractivity contribution in [2.24, 2.45) is 5.92 Å². The van der Waals surface area contributed by atoms with E-state index in [1.807, 2.05) is 54.6 Å². The molecule has 2 atom stereocenters. The van der Waals surface area contributed by atoms with Crippen molar-refractivity contribution in [3.05, 3.63) is 65.7 Å². The number of carbonyl (C=O) groups excluding carboxylic acids is 2. The maximum atomic E-state index is 13.1. The van der Waals surface area contributed by atoms with Gasteiger partial charge in [0, 0.05) is 32.1 Å². The van der Waals surface area contributed by atoms with Crippen LogP contribution in [-0.4, -0.2) is 61.2 Å². The van der Waals surface area contributed by atoms with Gasteiger partial charge < -0.3 is 24.7 Å². The summed E-state index contributed by atoms with van der Waals surface area (Å²) in [5.74, 6) is -4.19. The quantitative estimate of drug-likeness (QED) is 0.300. The van der Waals surface area contributed by atoms with E-state index < -0.39 is 23.6 Å². The molecule has 2 aromatic rings. The van der Waals surface area contributed by atoms with Gasteiger partial charge in [0.2, 0.25) is 5.79 Å². The minimum absolute atomic E-state index is 0.292. The maximum absolute atomic E-state index is 13.1. The zero-order chi connectivity index (χ0) is 26.1. The van der Waals surface area contributed by atoms with Crippen LogP contribution in [0.1, 0.15) is 55.6 Å². The first-order chi connectivity index (χ1) is 18.0. The van der Waals surface area contributed by atoms with Gasteiger partial charge in [-0.1, -0.05) is 67.8 Å². The summed E-state index contributed by atoms with van der Waals surface area (Å²) in [4.78, 5) is 31.1. The fourth-order valence-corrected chi connectivity index (χ4v) is 5.54. The normalized spacial score (nSPS) is 19.4. The topological polar surface area (TPSA) is 97.3 Å². The van der Waals surface area contributed by atoms with Crippen LogP contribution in [0.3, 0.4) is 0 Å². The van der Waals surface area contributed by atoms with Crippen LogP contribution in [0, 0.1) is 5.92 Å². The van der Waals surface area contributed by atoms with E-state index in [4.69, 9.17) is 14.3 Å². The van der Waals surface area contributed by atoms with Gasteiger partial charge in [-0.2, -0.15) is 0 Å². The van der Waals surface area contributed by atoms with Gasteiger partial charge in [-0.15, -0.1) is 5.06 Å². The van der Waals surface area contributed by atoms with Crippen molar-refractivity contribution in [1.29, 1.82) is 0 Å². The van der Waals surface area contributed by atoms with Crippen LogP contribution in [0.4, 0.5) is 0 Å². The third kappa shape index (κ3) is 6.89. The molecule has 1 aliphatic heterocycles. The summed E-state index contributed by atoms with van der Waals surface area (Å²) >= 11 is 0. The van der Waals surface area contributed by atoms with Crippen LogP contribution in [0.5, 0.6) is 5.75 Å². The molecule has 200 valence electrons. The van der Waals surface area contributed by atoms with Crippen LogP contribution in [0.25, 0.3) is 0 Å². The third-order valence-electron chi connectivity index (χ3n) is 7.50. The fraction of sp³-hybridized carbons (Fsp3) is 0.517. The van der Waals surface area contributed by atoms with Gasteiger partial charge >= 0.3 is 11.9 Å². The number of nitrogens with zero attached hydrogens (tertiary/aromatic N) is 1. The maximum Gasteiger partial charge on any atom is 0.436 e. The molecule has 8 heteroatoms. The summed E-state index contributed by atoms with van der Waals surface area (Å²) in [5.41, 5.74) is 1.86. The number of aliphatic hydroxyl groups is 1. The highest BCUT2D eigenvalue weighted by Crippen LogP contribution is 2.45. The first-order valence-electron chi connectivity index (χ1n) is 13.3. The third-order valence-corrected chi connectivity index (χ3v) is 7.50. The van der Waals surface area contributed by atoms with E-state index >= 15 is 0 Å². The van der Waals surface area contributed by atoms with Crippen LogP contribution in [0.2, 0.25) is 0 Å². The first kappa shape index (κ1) is 27.1. The molecule has 2 unspecified atom stereocenters. The zero-order valence-corrected chi connectivity index (χ0v) is 21.6. The van der Waals surface area contributed by atoms with Gasteiger partial charge in [-0.3, -0.25) is 0 Å². The summed E-state index contributed by atoms with van der Waals surface area (Å²) in [5, 5.41) is 16.9. The number of benzene rings is 2. The van der Waals surface area contributed by atoms with Crippen LogP contribution in [0.15, 0.2) is 54.6 Å². The van der Waals surface area contributed by atoms with Crippen molar-refractivity contribution in [1.82, 2.24) is 10.4 Å². The summed E-state index contributed by atoms with van der Waals surface area (Å²) < 4.78 is 11.3. The molecule has 1 saturated carbocycles. The van der Waals surface area contributed by atoms with Gasteiger partial charge in [0.1, 0.15) is 5.75 Å². The molecule has 0 radical (unpaired) electrons. The number of piperazine rings is 1. The molecular formula is C29H38N2O6. The van der Waals surface area contributed by atoms with E-state index in [1.54, 1.807) is 7.11 Å². The molecule has 2 N–H and O–H groups in total. The number of nitrogens with one attached hydrogen (secondary N) is 1. The predicted molar refractivity (Wildman–Crippen MR) is 139 cm³/mol. The van der Waals surface area contributed by atoms with E-state index in [2.05, 4.69) is 5.32 Å². The van der Waals surface area contributed by atoms with E-state index in [-0.39, 0.29) is 5.92 Å². The Balaban J connectivity index is 1.61. The van der Waals surface area contributed by atoms with E-state index in [9.17, 15) is 14.7 Å². The largest absolute Gasteiger partial charge is 0.496 e. The molecule has 2 aliphatic rings. The van der Waals surface area contributed by atoms with Gasteiger partial charge in [0.25, 0.3) is 0 Å². The number of methoxy groups -OCH3 is 1. The average Bonchev–Trinajstić information content (AvgIpc) is 2.95. The number of hydroxylamine groups is 2. The number of carbonyl (C=O) groups is 2. The molecule has 0 spiro atoms. The first-order valence-corrected chi connectivity index (χ1v) is 13.3. The van der Waals surface area contributed by atoms with Crippen molar-refractivity contribution < 1.29 is 29.0 Å². The number of hydrogen-bond acceptors (Lipinski definition) is 8. The Hall–Kier alpha value is -2.94. The zero-order valence-electron chi connectivity index (χ0n) is 21.6. The predicted octanol–water partition coefficient (Wildman–Crippen LogP) is 3.59. The van der Waals surface area contributed by atoms with Crippen molar-refractivity contribution >= 4 is 11.9 Å². The lowest BCUT2D eigenvalue weighted by atomic mass is 9.73.